The Labute approximate surface area is 146 Å². The number of ether oxygens (including phenoxy) is 1. The topological polar surface area (TPSA) is 32.8 Å². The summed E-state index contributed by atoms with van der Waals surface area (Å²) < 4.78 is 6.56. The van der Waals surface area contributed by atoms with Gasteiger partial charge in [0.2, 0.25) is 0 Å². The van der Waals surface area contributed by atoms with Gasteiger partial charge >= 0.3 is 6.09 Å². The SMILES string of the molecule is CC(C)(C)OC(=O)N1CC2(CCN(c3ccc(Br)cc3)CC2)C1. The number of anilines is 1. The van der Waals surface area contributed by atoms with Gasteiger partial charge < -0.3 is 14.5 Å². The minimum Gasteiger partial charge on any atom is -0.444 e. The number of piperidine rings is 1. The van der Waals surface area contributed by atoms with E-state index < -0.39 is 5.60 Å². The first-order chi connectivity index (χ1) is 10.8. The van der Waals surface area contributed by atoms with Crippen LogP contribution < -0.4 is 4.90 Å². The summed E-state index contributed by atoms with van der Waals surface area (Å²) in [4.78, 5) is 16.4. The van der Waals surface area contributed by atoms with Crippen LogP contribution in [-0.4, -0.2) is 42.8 Å². The summed E-state index contributed by atoms with van der Waals surface area (Å²) in [5.41, 5.74) is 1.18. The number of hydrogen-bond acceptors (Lipinski definition) is 3. The molecule has 3 rings (SSSR count). The average Bonchev–Trinajstić information content (AvgIpc) is 2.44. The van der Waals surface area contributed by atoms with E-state index in [0.29, 0.717) is 5.41 Å². The van der Waals surface area contributed by atoms with Gasteiger partial charge in [-0.3, -0.25) is 0 Å². The predicted molar refractivity (Wildman–Crippen MR) is 95.8 cm³/mol. The molecule has 126 valence electrons. The van der Waals surface area contributed by atoms with E-state index in [2.05, 4.69) is 45.1 Å². The summed E-state index contributed by atoms with van der Waals surface area (Å²) in [6.45, 7) is 9.55. The molecule has 0 unspecified atom stereocenters. The first-order valence-electron chi connectivity index (χ1n) is 8.25. The Morgan fingerprint density at radius 3 is 2.22 bits per heavy atom. The number of nitrogens with zero attached hydrogens (tertiary/aromatic N) is 2. The summed E-state index contributed by atoms with van der Waals surface area (Å²) in [7, 11) is 0. The lowest BCUT2D eigenvalue weighted by molar-refractivity contribution is -0.0434. The zero-order chi connectivity index (χ0) is 16.7. The molecule has 1 spiro atoms. The Bertz CT molecular complexity index is 564. The highest BCUT2D eigenvalue weighted by Gasteiger charge is 2.47. The van der Waals surface area contributed by atoms with E-state index in [0.717, 1.165) is 43.5 Å². The standard InChI is InChI=1S/C18H25BrN2O2/c1-17(2,3)23-16(22)21-12-18(13-21)8-10-20(11-9-18)15-6-4-14(19)5-7-15/h4-7H,8-13H2,1-3H3. The zero-order valence-electron chi connectivity index (χ0n) is 14.1. The van der Waals surface area contributed by atoms with Crippen molar-refractivity contribution in [1.29, 1.82) is 0 Å². The van der Waals surface area contributed by atoms with Crippen molar-refractivity contribution in [2.45, 2.75) is 39.2 Å². The van der Waals surface area contributed by atoms with Crippen molar-refractivity contribution in [3.63, 3.8) is 0 Å². The Morgan fingerprint density at radius 2 is 1.70 bits per heavy atom. The van der Waals surface area contributed by atoms with Crippen LogP contribution >= 0.6 is 15.9 Å². The Hall–Kier alpha value is -1.23. The fourth-order valence-electron chi connectivity index (χ4n) is 3.43. The minimum absolute atomic E-state index is 0.168. The van der Waals surface area contributed by atoms with Gasteiger partial charge in [0.05, 0.1) is 0 Å². The molecular formula is C18H25BrN2O2. The summed E-state index contributed by atoms with van der Waals surface area (Å²) >= 11 is 3.48. The highest BCUT2D eigenvalue weighted by molar-refractivity contribution is 9.10. The largest absolute Gasteiger partial charge is 0.444 e. The lowest BCUT2D eigenvalue weighted by atomic mass is 9.72. The van der Waals surface area contributed by atoms with Crippen molar-refractivity contribution in [3.05, 3.63) is 28.7 Å². The average molecular weight is 381 g/mol. The summed E-state index contributed by atoms with van der Waals surface area (Å²) in [6.07, 6.45) is 2.11. The molecule has 0 radical (unpaired) electrons. The maximum absolute atomic E-state index is 12.1. The number of hydrogen-bond donors (Lipinski definition) is 0. The van der Waals surface area contributed by atoms with Gasteiger partial charge in [-0.2, -0.15) is 0 Å². The number of carbonyl (C=O) groups is 1. The molecule has 1 amide bonds. The van der Waals surface area contributed by atoms with Crippen LogP contribution in [-0.2, 0) is 4.74 Å². The summed E-state index contributed by atoms with van der Waals surface area (Å²) in [6, 6.07) is 8.51. The molecule has 1 aromatic carbocycles. The van der Waals surface area contributed by atoms with Crippen molar-refractivity contribution >= 4 is 27.7 Å². The second-order valence-electron chi connectivity index (χ2n) is 7.80. The maximum Gasteiger partial charge on any atom is 0.410 e. The molecule has 1 aromatic rings. The molecule has 2 saturated heterocycles. The van der Waals surface area contributed by atoms with Crippen molar-refractivity contribution < 1.29 is 9.53 Å². The predicted octanol–water partition coefficient (Wildman–Crippen LogP) is 4.29. The highest BCUT2D eigenvalue weighted by Crippen LogP contribution is 2.41. The van der Waals surface area contributed by atoms with Crippen molar-refractivity contribution in [3.8, 4) is 0 Å². The molecule has 0 bridgehead atoms. The second kappa shape index (κ2) is 6.00. The van der Waals surface area contributed by atoms with E-state index in [-0.39, 0.29) is 6.09 Å². The molecule has 2 heterocycles. The highest BCUT2D eigenvalue weighted by atomic mass is 79.9. The van der Waals surface area contributed by atoms with Gasteiger partial charge in [0.25, 0.3) is 0 Å². The molecule has 0 aliphatic carbocycles. The molecule has 0 atom stereocenters. The molecule has 0 N–H and O–H groups in total. The number of rotatable bonds is 1. The molecular weight excluding hydrogens is 356 g/mol. The third-order valence-electron chi connectivity index (χ3n) is 4.72. The number of benzene rings is 1. The van der Waals surface area contributed by atoms with E-state index in [9.17, 15) is 4.79 Å². The van der Waals surface area contributed by atoms with Crippen LogP contribution in [0.4, 0.5) is 10.5 Å². The van der Waals surface area contributed by atoms with E-state index >= 15 is 0 Å². The van der Waals surface area contributed by atoms with Gasteiger partial charge in [-0.15, -0.1) is 0 Å². The lowest BCUT2D eigenvalue weighted by Crippen LogP contribution is -2.62. The molecule has 4 nitrogen and oxygen atoms in total. The smallest absolute Gasteiger partial charge is 0.410 e. The molecule has 0 aromatic heterocycles. The fourth-order valence-corrected chi connectivity index (χ4v) is 3.69. The van der Waals surface area contributed by atoms with Crippen LogP contribution in [0.5, 0.6) is 0 Å². The molecule has 2 aliphatic heterocycles. The Kier molecular flexibility index (Phi) is 4.34. The van der Waals surface area contributed by atoms with Crippen LogP contribution in [0.15, 0.2) is 28.7 Å². The lowest BCUT2D eigenvalue weighted by Gasteiger charge is -2.54. The first-order valence-corrected chi connectivity index (χ1v) is 9.04. The zero-order valence-corrected chi connectivity index (χ0v) is 15.7. The van der Waals surface area contributed by atoms with Gasteiger partial charge in [-0.05, 0) is 57.9 Å². The van der Waals surface area contributed by atoms with E-state index in [4.69, 9.17) is 4.74 Å². The van der Waals surface area contributed by atoms with Gasteiger partial charge in [0.15, 0.2) is 0 Å². The number of halogens is 1. The minimum atomic E-state index is -0.412. The second-order valence-corrected chi connectivity index (χ2v) is 8.72. The van der Waals surface area contributed by atoms with E-state index in [1.54, 1.807) is 0 Å². The normalized spacial score (nSPS) is 20.3. The van der Waals surface area contributed by atoms with Gasteiger partial charge in [0.1, 0.15) is 5.60 Å². The first kappa shape index (κ1) is 16.6. The van der Waals surface area contributed by atoms with E-state index in [1.807, 2.05) is 25.7 Å². The number of amides is 1. The van der Waals surface area contributed by atoms with Crippen LogP contribution in [0.2, 0.25) is 0 Å². The summed E-state index contributed by atoms with van der Waals surface area (Å²) in [5, 5.41) is 0. The molecule has 2 aliphatic rings. The van der Waals surface area contributed by atoms with Crippen molar-refractivity contribution in [1.82, 2.24) is 4.90 Å². The molecule has 23 heavy (non-hydrogen) atoms. The van der Waals surface area contributed by atoms with Gasteiger partial charge in [-0.1, -0.05) is 15.9 Å². The Morgan fingerprint density at radius 1 is 1.13 bits per heavy atom. The number of carbonyl (C=O) groups excluding carboxylic acids is 1. The molecule has 2 fully saturated rings. The fraction of sp³-hybridized carbons (Fsp3) is 0.611. The maximum atomic E-state index is 12.1. The van der Waals surface area contributed by atoms with Crippen LogP contribution in [0.3, 0.4) is 0 Å². The van der Waals surface area contributed by atoms with E-state index in [1.165, 1.54) is 5.69 Å². The third kappa shape index (κ3) is 3.82. The monoisotopic (exact) mass is 380 g/mol. The molecule has 5 heteroatoms. The van der Waals surface area contributed by atoms with Crippen molar-refractivity contribution in [2.75, 3.05) is 31.1 Å². The Balaban J connectivity index is 1.51. The van der Waals surface area contributed by atoms with Crippen molar-refractivity contribution in [2.24, 2.45) is 5.41 Å². The third-order valence-corrected chi connectivity index (χ3v) is 5.25. The number of likely N-dealkylation sites (tertiary alicyclic amines) is 1. The van der Waals surface area contributed by atoms with Crippen LogP contribution in [0.1, 0.15) is 33.6 Å². The van der Waals surface area contributed by atoms with Gasteiger partial charge in [-0.25, -0.2) is 4.79 Å². The van der Waals surface area contributed by atoms with Gasteiger partial charge in [0, 0.05) is 41.8 Å². The quantitative estimate of drug-likeness (QED) is 0.728. The van der Waals surface area contributed by atoms with Crippen LogP contribution in [0.25, 0.3) is 0 Å². The summed E-state index contributed by atoms with van der Waals surface area (Å²) in [5.74, 6) is 0. The molecule has 0 saturated carbocycles. The van der Waals surface area contributed by atoms with Crippen LogP contribution in [0, 0.1) is 5.41 Å².